The zero-order valence-electron chi connectivity index (χ0n) is 12.4. The van der Waals surface area contributed by atoms with Crippen LogP contribution >= 0.6 is 11.3 Å². The average Bonchev–Trinajstić information content (AvgIpc) is 2.93. The molecule has 0 fully saturated rings. The number of fused-ring (bicyclic) bond motifs is 1. The number of nitrogens with zero attached hydrogens (tertiary/aromatic N) is 2. The molecule has 0 amide bonds. The van der Waals surface area contributed by atoms with E-state index in [1.807, 2.05) is 43.3 Å². The fourth-order valence-corrected chi connectivity index (χ4v) is 3.19. The molecule has 108 valence electrons. The van der Waals surface area contributed by atoms with Gasteiger partial charge in [0.1, 0.15) is 16.6 Å². The van der Waals surface area contributed by atoms with Crippen LogP contribution in [-0.2, 0) is 0 Å². The number of allylic oxidation sites excluding steroid dienone is 1. The Balaban J connectivity index is 1.91. The van der Waals surface area contributed by atoms with Gasteiger partial charge in [-0.2, -0.15) is 5.26 Å². The molecule has 0 atom stereocenters. The maximum Gasteiger partial charge on any atom is 0.136 e. The number of aromatic nitrogens is 1. The van der Waals surface area contributed by atoms with Gasteiger partial charge in [-0.25, -0.2) is 4.98 Å². The Bertz CT molecular complexity index is 867. The molecule has 0 saturated heterocycles. The Morgan fingerprint density at radius 2 is 2.05 bits per heavy atom. The highest BCUT2D eigenvalue weighted by molar-refractivity contribution is 7.19. The van der Waals surface area contributed by atoms with Crippen LogP contribution in [0.1, 0.15) is 16.1 Å². The molecule has 0 unspecified atom stereocenters. The largest absolute Gasteiger partial charge is 0.360 e. The van der Waals surface area contributed by atoms with Gasteiger partial charge < -0.3 is 5.32 Å². The van der Waals surface area contributed by atoms with Gasteiger partial charge in [-0.1, -0.05) is 29.8 Å². The van der Waals surface area contributed by atoms with Crippen LogP contribution in [0.2, 0.25) is 0 Å². The zero-order chi connectivity index (χ0) is 15.5. The summed E-state index contributed by atoms with van der Waals surface area (Å²) >= 11 is 1.53. The predicted octanol–water partition coefficient (Wildman–Crippen LogP) is 4.89. The fraction of sp³-hybridized carbons (Fsp3) is 0.111. The van der Waals surface area contributed by atoms with Crippen LogP contribution in [-0.4, -0.2) is 4.98 Å². The highest BCUT2D eigenvalue weighted by Gasteiger charge is 2.08. The number of hydrogen-bond acceptors (Lipinski definition) is 4. The summed E-state index contributed by atoms with van der Waals surface area (Å²) in [4.78, 5) is 4.52. The predicted molar refractivity (Wildman–Crippen MR) is 92.7 cm³/mol. The third-order valence-electron chi connectivity index (χ3n) is 3.40. The van der Waals surface area contributed by atoms with Crippen molar-refractivity contribution in [3.8, 4) is 6.07 Å². The summed E-state index contributed by atoms with van der Waals surface area (Å²) in [6.07, 6.45) is 1.73. The van der Waals surface area contributed by atoms with Crippen LogP contribution in [0.5, 0.6) is 0 Å². The van der Waals surface area contributed by atoms with E-state index in [4.69, 9.17) is 0 Å². The van der Waals surface area contributed by atoms with E-state index in [0.717, 1.165) is 26.5 Å². The number of aryl methyl sites for hydroxylation is 2. The van der Waals surface area contributed by atoms with Crippen molar-refractivity contribution in [2.75, 3.05) is 5.32 Å². The molecule has 2 aromatic carbocycles. The molecule has 0 aliphatic rings. The van der Waals surface area contributed by atoms with Crippen LogP contribution in [0, 0.1) is 25.2 Å². The molecule has 22 heavy (non-hydrogen) atoms. The van der Waals surface area contributed by atoms with Gasteiger partial charge in [-0.3, -0.25) is 0 Å². The van der Waals surface area contributed by atoms with E-state index in [1.54, 1.807) is 6.20 Å². The molecule has 3 nitrogen and oxygen atoms in total. The molecule has 0 aliphatic heterocycles. The van der Waals surface area contributed by atoms with Crippen LogP contribution in [0.25, 0.3) is 15.8 Å². The zero-order valence-corrected chi connectivity index (χ0v) is 13.2. The molecule has 1 N–H and O–H groups in total. The van der Waals surface area contributed by atoms with E-state index in [0.29, 0.717) is 5.57 Å². The lowest BCUT2D eigenvalue weighted by Crippen LogP contribution is -1.93. The molecule has 4 heteroatoms. The Hall–Kier alpha value is -2.64. The van der Waals surface area contributed by atoms with Gasteiger partial charge in [0.25, 0.3) is 0 Å². The number of benzene rings is 2. The molecule has 3 aromatic rings. The molecule has 0 bridgehead atoms. The van der Waals surface area contributed by atoms with Crippen LogP contribution in [0.15, 0.2) is 48.7 Å². The molecule has 1 heterocycles. The molecular formula is C18H15N3S. The van der Waals surface area contributed by atoms with Gasteiger partial charge in [0.05, 0.1) is 10.2 Å². The summed E-state index contributed by atoms with van der Waals surface area (Å²) < 4.78 is 1.09. The Morgan fingerprint density at radius 3 is 2.77 bits per heavy atom. The summed E-state index contributed by atoms with van der Waals surface area (Å²) in [5.41, 5.74) is 4.84. The van der Waals surface area contributed by atoms with Crippen molar-refractivity contribution in [3.63, 3.8) is 0 Å². The van der Waals surface area contributed by atoms with Gasteiger partial charge in [0.15, 0.2) is 0 Å². The minimum Gasteiger partial charge on any atom is -0.360 e. The van der Waals surface area contributed by atoms with Crippen molar-refractivity contribution >= 4 is 32.8 Å². The van der Waals surface area contributed by atoms with E-state index >= 15 is 0 Å². The third kappa shape index (κ3) is 2.85. The lowest BCUT2D eigenvalue weighted by molar-refractivity contribution is 1.37. The maximum atomic E-state index is 9.40. The third-order valence-corrected chi connectivity index (χ3v) is 4.47. The van der Waals surface area contributed by atoms with E-state index in [2.05, 4.69) is 29.4 Å². The first-order chi connectivity index (χ1) is 10.7. The molecule has 3 rings (SSSR count). The van der Waals surface area contributed by atoms with Crippen LogP contribution < -0.4 is 5.32 Å². The van der Waals surface area contributed by atoms with Gasteiger partial charge in [0, 0.05) is 11.9 Å². The number of nitrogens with one attached hydrogen (secondary N) is 1. The molecule has 1 aromatic heterocycles. The van der Waals surface area contributed by atoms with Crippen LogP contribution in [0.3, 0.4) is 0 Å². The quantitative estimate of drug-likeness (QED) is 0.701. The second-order valence-corrected chi connectivity index (χ2v) is 6.15. The smallest absolute Gasteiger partial charge is 0.136 e. The number of para-hydroxylation sites is 1. The highest BCUT2D eigenvalue weighted by Crippen LogP contribution is 2.27. The molecule has 0 spiro atoms. The van der Waals surface area contributed by atoms with Gasteiger partial charge in [0.2, 0.25) is 0 Å². The van der Waals surface area contributed by atoms with Gasteiger partial charge >= 0.3 is 0 Å². The van der Waals surface area contributed by atoms with Crippen molar-refractivity contribution in [1.29, 1.82) is 5.26 Å². The second kappa shape index (κ2) is 6.00. The van der Waals surface area contributed by atoms with Crippen molar-refractivity contribution in [2.45, 2.75) is 13.8 Å². The first kappa shape index (κ1) is 14.3. The summed E-state index contributed by atoms with van der Waals surface area (Å²) in [5.74, 6) is 0. The SMILES string of the molecule is Cc1ccc(N/C=C(/C#N)c2nc3ccccc3s2)c(C)c1. The maximum absolute atomic E-state index is 9.40. The van der Waals surface area contributed by atoms with Crippen molar-refractivity contribution in [1.82, 2.24) is 4.98 Å². The summed E-state index contributed by atoms with van der Waals surface area (Å²) in [6, 6.07) is 16.3. The summed E-state index contributed by atoms with van der Waals surface area (Å²) in [7, 11) is 0. The van der Waals surface area contributed by atoms with Crippen molar-refractivity contribution in [3.05, 3.63) is 64.8 Å². The van der Waals surface area contributed by atoms with Crippen LogP contribution in [0.4, 0.5) is 5.69 Å². The molecular weight excluding hydrogens is 290 g/mol. The topological polar surface area (TPSA) is 48.7 Å². The van der Waals surface area contributed by atoms with Gasteiger partial charge in [-0.15, -0.1) is 11.3 Å². The normalized spacial score (nSPS) is 11.4. The molecule has 0 radical (unpaired) electrons. The first-order valence-corrected chi connectivity index (χ1v) is 7.79. The number of nitriles is 1. The highest BCUT2D eigenvalue weighted by atomic mass is 32.1. The molecule has 0 saturated carbocycles. The Morgan fingerprint density at radius 1 is 1.23 bits per heavy atom. The first-order valence-electron chi connectivity index (χ1n) is 6.97. The van der Waals surface area contributed by atoms with Gasteiger partial charge in [-0.05, 0) is 37.6 Å². The monoisotopic (exact) mass is 305 g/mol. The number of hydrogen-bond donors (Lipinski definition) is 1. The fourth-order valence-electron chi connectivity index (χ4n) is 2.25. The second-order valence-electron chi connectivity index (χ2n) is 5.12. The van der Waals surface area contributed by atoms with E-state index in [-0.39, 0.29) is 0 Å². The Kier molecular flexibility index (Phi) is 3.90. The number of rotatable bonds is 3. The minimum absolute atomic E-state index is 0.543. The van der Waals surface area contributed by atoms with Crippen molar-refractivity contribution in [2.24, 2.45) is 0 Å². The van der Waals surface area contributed by atoms with E-state index in [9.17, 15) is 5.26 Å². The van der Waals surface area contributed by atoms with E-state index in [1.165, 1.54) is 16.9 Å². The van der Waals surface area contributed by atoms with E-state index < -0.39 is 0 Å². The minimum atomic E-state index is 0.543. The number of thiazole rings is 1. The lowest BCUT2D eigenvalue weighted by Gasteiger charge is -2.06. The average molecular weight is 305 g/mol. The standard InChI is InChI=1S/C18H15N3S/c1-12-7-8-15(13(2)9-12)20-11-14(10-19)18-21-16-5-3-4-6-17(16)22-18/h3-9,11,20H,1-2H3/b14-11-. The Labute approximate surface area is 133 Å². The molecule has 0 aliphatic carbocycles. The van der Waals surface area contributed by atoms with Crippen molar-refractivity contribution < 1.29 is 0 Å². The summed E-state index contributed by atoms with van der Waals surface area (Å²) in [5, 5.41) is 13.4. The lowest BCUT2D eigenvalue weighted by atomic mass is 10.1. The summed E-state index contributed by atoms with van der Waals surface area (Å²) in [6.45, 7) is 4.11. The number of anilines is 1.